The lowest BCUT2D eigenvalue weighted by Crippen LogP contribution is -2.58. The lowest BCUT2D eigenvalue weighted by Gasteiger charge is -2.34. The van der Waals surface area contributed by atoms with Crippen LogP contribution >= 0.6 is 0 Å². The van der Waals surface area contributed by atoms with Crippen LogP contribution in [0.4, 0.5) is 4.79 Å². The molecular formula is C11H18N2O3. The first-order valence-electron chi connectivity index (χ1n) is 5.53. The standard InChI is InChI=1S/C11H18N2O3/c1-10(2,3)7-4-11(7)6-13(9(15)16)5-8(14)12-11/h7H,4-6H2,1-3H3,(H,12,14)(H,15,16). The van der Waals surface area contributed by atoms with E-state index in [1.807, 2.05) is 0 Å². The molecule has 1 saturated heterocycles. The largest absolute Gasteiger partial charge is 0.465 e. The predicted octanol–water partition coefficient (Wildman–Crippen LogP) is 0.901. The molecule has 2 atom stereocenters. The van der Waals surface area contributed by atoms with Gasteiger partial charge in [-0.1, -0.05) is 20.8 Å². The second kappa shape index (κ2) is 3.12. The normalized spacial score (nSPS) is 33.8. The number of nitrogens with zero attached hydrogens (tertiary/aromatic N) is 1. The highest BCUT2D eigenvalue weighted by Gasteiger charge is 2.62. The lowest BCUT2D eigenvalue weighted by atomic mass is 9.86. The van der Waals surface area contributed by atoms with E-state index in [0.717, 1.165) is 6.42 Å². The van der Waals surface area contributed by atoms with Gasteiger partial charge in [-0.05, 0) is 17.8 Å². The molecule has 1 aliphatic heterocycles. The first-order valence-corrected chi connectivity index (χ1v) is 5.53. The minimum Gasteiger partial charge on any atom is -0.465 e. The molecule has 5 nitrogen and oxygen atoms in total. The van der Waals surface area contributed by atoms with Gasteiger partial charge >= 0.3 is 6.09 Å². The van der Waals surface area contributed by atoms with Crippen LogP contribution in [0.15, 0.2) is 0 Å². The van der Waals surface area contributed by atoms with Crippen molar-refractivity contribution in [3.63, 3.8) is 0 Å². The van der Waals surface area contributed by atoms with E-state index >= 15 is 0 Å². The van der Waals surface area contributed by atoms with Crippen molar-refractivity contribution in [2.24, 2.45) is 11.3 Å². The van der Waals surface area contributed by atoms with Gasteiger partial charge in [0.15, 0.2) is 0 Å². The zero-order valence-corrected chi connectivity index (χ0v) is 9.91. The summed E-state index contributed by atoms with van der Waals surface area (Å²) in [6.07, 6.45) is -0.125. The van der Waals surface area contributed by atoms with Crippen LogP contribution in [0.3, 0.4) is 0 Å². The van der Waals surface area contributed by atoms with Crippen LogP contribution in [0, 0.1) is 11.3 Å². The van der Waals surface area contributed by atoms with Crippen molar-refractivity contribution in [3.8, 4) is 0 Å². The van der Waals surface area contributed by atoms with E-state index in [9.17, 15) is 9.59 Å². The Hall–Kier alpha value is -1.26. The quantitative estimate of drug-likeness (QED) is 0.644. The molecule has 2 aliphatic rings. The average Bonchev–Trinajstić information content (AvgIpc) is 2.77. The molecule has 0 radical (unpaired) electrons. The van der Waals surface area contributed by atoms with Gasteiger partial charge in [-0.25, -0.2) is 4.79 Å². The molecular weight excluding hydrogens is 208 g/mol. The van der Waals surface area contributed by atoms with Gasteiger partial charge < -0.3 is 10.4 Å². The van der Waals surface area contributed by atoms with E-state index < -0.39 is 6.09 Å². The number of rotatable bonds is 0. The minimum absolute atomic E-state index is 0.0338. The maximum absolute atomic E-state index is 11.5. The van der Waals surface area contributed by atoms with E-state index in [2.05, 4.69) is 26.1 Å². The molecule has 2 N–H and O–H groups in total. The summed E-state index contributed by atoms with van der Waals surface area (Å²) in [4.78, 5) is 23.6. The van der Waals surface area contributed by atoms with Crippen LogP contribution in [-0.2, 0) is 4.79 Å². The van der Waals surface area contributed by atoms with Gasteiger partial charge in [0.25, 0.3) is 0 Å². The summed E-state index contributed by atoms with van der Waals surface area (Å²) in [7, 11) is 0. The molecule has 2 amide bonds. The topological polar surface area (TPSA) is 69.6 Å². The Balaban J connectivity index is 2.13. The fourth-order valence-electron chi connectivity index (χ4n) is 2.82. The molecule has 2 rings (SSSR count). The van der Waals surface area contributed by atoms with Crippen molar-refractivity contribution < 1.29 is 14.7 Å². The van der Waals surface area contributed by atoms with Crippen molar-refractivity contribution in [1.29, 1.82) is 0 Å². The van der Waals surface area contributed by atoms with Gasteiger partial charge in [0.05, 0.1) is 5.54 Å². The molecule has 1 saturated carbocycles. The summed E-state index contributed by atoms with van der Waals surface area (Å²) in [6, 6.07) is 0. The Labute approximate surface area is 94.8 Å². The molecule has 0 aromatic carbocycles. The van der Waals surface area contributed by atoms with Crippen molar-refractivity contribution >= 4 is 12.0 Å². The minimum atomic E-state index is -1.01. The van der Waals surface area contributed by atoms with Crippen LogP contribution in [0.1, 0.15) is 27.2 Å². The van der Waals surface area contributed by atoms with E-state index in [4.69, 9.17) is 5.11 Å². The van der Waals surface area contributed by atoms with Crippen LogP contribution in [0.25, 0.3) is 0 Å². The Morgan fingerprint density at radius 3 is 2.62 bits per heavy atom. The second-order valence-corrected chi connectivity index (χ2v) is 5.97. The van der Waals surface area contributed by atoms with Crippen molar-refractivity contribution in [3.05, 3.63) is 0 Å². The van der Waals surface area contributed by atoms with Crippen LogP contribution in [0.5, 0.6) is 0 Å². The third-order valence-electron chi connectivity index (χ3n) is 3.59. The molecule has 2 unspecified atom stereocenters. The Kier molecular flexibility index (Phi) is 2.19. The molecule has 90 valence electrons. The third-order valence-corrected chi connectivity index (χ3v) is 3.59. The highest BCUT2D eigenvalue weighted by molar-refractivity contribution is 5.84. The van der Waals surface area contributed by atoms with Gasteiger partial charge in [-0.15, -0.1) is 0 Å². The first kappa shape index (κ1) is 11.2. The van der Waals surface area contributed by atoms with Crippen molar-refractivity contribution in [1.82, 2.24) is 10.2 Å². The summed E-state index contributed by atoms with van der Waals surface area (Å²) in [6.45, 7) is 6.76. The van der Waals surface area contributed by atoms with Gasteiger partial charge in [-0.3, -0.25) is 9.69 Å². The van der Waals surface area contributed by atoms with Gasteiger partial charge in [-0.2, -0.15) is 0 Å². The first-order chi connectivity index (χ1) is 7.24. The summed E-state index contributed by atoms with van der Waals surface area (Å²) in [5, 5.41) is 11.9. The monoisotopic (exact) mass is 226 g/mol. The highest BCUT2D eigenvalue weighted by atomic mass is 16.4. The zero-order chi connectivity index (χ0) is 12.1. The van der Waals surface area contributed by atoms with E-state index in [1.165, 1.54) is 4.90 Å². The number of hydrogen-bond acceptors (Lipinski definition) is 2. The van der Waals surface area contributed by atoms with Gasteiger partial charge in [0.1, 0.15) is 6.54 Å². The molecule has 1 spiro atoms. The maximum atomic E-state index is 11.5. The van der Waals surface area contributed by atoms with Crippen molar-refractivity contribution in [2.45, 2.75) is 32.7 Å². The van der Waals surface area contributed by atoms with Crippen LogP contribution < -0.4 is 5.32 Å². The van der Waals surface area contributed by atoms with Crippen molar-refractivity contribution in [2.75, 3.05) is 13.1 Å². The number of carbonyl (C=O) groups excluding carboxylic acids is 1. The maximum Gasteiger partial charge on any atom is 0.407 e. The Bertz CT molecular complexity index is 348. The molecule has 16 heavy (non-hydrogen) atoms. The number of hydrogen-bond donors (Lipinski definition) is 2. The Morgan fingerprint density at radius 1 is 1.56 bits per heavy atom. The number of nitrogens with one attached hydrogen (secondary N) is 1. The molecule has 0 aromatic rings. The lowest BCUT2D eigenvalue weighted by molar-refractivity contribution is -0.125. The fraction of sp³-hybridized carbons (Fsp3) is 0.818. The summed E-state index contributed by atoms with van der Waals surface area (Å²) < 4.78 is 0. The SMILES string of the molecule is CC(C)(C)C1CC12CN(C(=O)O)CC(=O)N2. The molecule has 1 heterocycles. The molecule has 1 aliphatic carbocycles. The predicted molar refractivity (Wildman–Crippen MR) is 58.0 cm³/mol. The van der Waals surface area contributed by atoms with E-state index in [0.29, 0.717) is 12.5 Å². The molecule has 0 bridgehead atoms. The fourth-order valence-corrected chi connectivity index (χ4v) is 2.82. The second-order valence-electron chi connectivity index (χ2n) is 5.97. The zero-order valence-electron chi connectivity index (χ0n) is 9.91. The third kappa shape index (κ3) is 1.74. The van der Waals surface area contributed by atoms with Gasteiger partial charge in [0, 0.05) is 6.54 Å². The molecule has 5 heteroatoms. The average molecular weight is 226 g/mol. The van der Waals surface area contributed by atoms with E-state index in [1.54, 1.807) is 0 Å². The summed E-state index contributed by atoms with van der Waals surface area (Å²) >= 11 is 0. The van der Waals surface area contributed by atoms with Crippen LogP contribution in [-0.4, -0.2) is 40.6 Å². The molecule has 2 fully saturated rings. The number of carbonyl (C=O) groups is 2. The van der Waals surface area contributed by atoms with E-state index in [-0.39, 0.29) is 23.4 Å². The smallest absolute Gasteiger partial charge is 0.407 e. The number of carboxylic acid groups (broad SMARTS) is 1. The summed E-state index contributed by atoms with van der Waals surface area (Å²) in [5.41, 5.74) is -0.194. The Morgan fingerprint density at radius 2 is 2.19 bits per heavy atom. The number of amides is 2. The summed E-state index contributed by atoms with van der Waals surface area (Å²) in [5.74, 6) is 0.187. The highest BCUT2D eigenvalue weighted by Crippen LogP contribution is 2.55. The van der Waals surface area contributed by atoms with Crippen LogP contribution in [0.2, 0.25) is 0 Å². The van der Waals surface area contributed by atoms with Gasteiger partial charge in [0.2, 0.25) is 5.91 Å². The number of piperazine rings is 1. The molecule has 0 aromatic heterocycles.